The fourth-order valence-corrected chi connectivity index (χ4v) is 2.45. The highest BCUT2D eigenvalue weighted by atomic mass is 16.3. The van der Waals surface area contributed by atoms with E-state index in [4.69, 9.17) is 4.42 Å². The molecule has 0 aromatic carbocycles. The summed E-state index contributed by atoms with van der Waals surface area (Å²) in [6, 6.07) is 5.20. The molecule has 2 heterocycles. The fraction of sp³-hybridized carbons (Fsp3) is 0.692. The van der Waals surface area contributed by atoms with Gasteiger partial charge in [-0.05, 0) is 38.9 Å². The summed E-state index contributed by atoms with van der Waals surface area (Å²) < 4.78 is 5.69. The van der Waals surface area contributed by atoms with Crippen LogP contribution in [0, 0.1) is 6.92 Å². The molecule has 1 aromatic rings. The molecule has 3 nitrogen and oxygen atoms in total. The molecule has 0 amide bonds. The molecule has 0 bridgehead atoms. The van der Waals surface area contributed by atoms with Crippen molar-refractivity contribution in [1.82, 2.24) is 10.2 Å². The Labute approximate surface area is 97.8 Å². The molecule has 0 saturated carbocycles. The van der Waals surface area contributed by atoms with Crippen LogP contribution < -0.4 is 5.32 Å². The average molecular weight is 222 g/mol. The van der Waals surface area contributed by atoms with E-state index in [0.29, 0.717) is 12.1 Å². The van der Waals surface area contributed by atoms with Crippen LogP contribution in [-0.2, 0) is 0 Å². The zero-order chi connectivity index (χ0) is 11.5. The third-order valence-corrected chi connectivity index (χ3v) is 3.43. The van der Waals surface area contributed by atoms with E-state index in [1.54, 1.807) is 0 Å². The minimum atomic E-state index is 0.400. The quantitative estimate of drug-likeness (QED) is 0.847. The maximum atomic E-state index is 5.69. The van der Waals surface area contributed by atoms with Crippen LogP contribution in [0.4, 0.5) is 0 Å². The lowest BCUT2D eigenvalue weighted by Gasteiger charge is -2.22. The van der Waals surface area contributed by atoms with Gasteiger partial charge < -0.3 is 9.73 Å². The molecule has 0 radical (unpaired) electrons. The van der Waals surface area contributed by atoms with Crippen LogP contribution in [0.5, 0.6) is 0 Å². The van der Waals surface area contributed by atoms with Crippen LogP contribution >= 0.6 is 0 Å². The first kappa shape index (κ1) is 11.7. The van der Waals surface area contributed by atoms with E-state index in [1.807, 2.05) is 13.0 Å². The average Bonchev–Trinajstić information content (AvgIpc) is 2.87. The van der Waals surface area contributed by atoms with Crippen molar-refractivity contribution < 1.29 is 4.42 Å². The van der Waals surface area contributed by atoms with Crippen LogP contribution in [0.15, 0.2) is 16.5 Å². The van der Waals surface area contributed by atoms with Crippen molar-refractivity contribution in [2.45, 2.75) is 39.3 Å². The van der Waals surface area contributed by atoms with Crippen LogP contribution in [0.2, 0.25) is 0 Å². The van der Waals surface area contributed by atoms with Crippen molar-refractivity contribution in [1.29, 1.82) is 0 Å². The Balaban J connectivity index is 1.94. The van der Waals surface area contributed by atoms with Gasteiger partial charge in [0.05, 0.1) is 6.04 Å². The Morgan fingerprint density at radius 3 is 3.00 bits per heavy atom. The molecule has 1 N–H and O–H groups in total. The zero-order valence-electron chi connectivity index (χ0n) is 10.5. The van der Waals surface area contributed by atoms with Crippen molar-refractivity contribution in [3.63, 3.8) is 0 Å². The molecule has 1 aliphatic rings. The molecular weight excluding hydrogens is 200 g/mol. The minimum absolute atomic E-state index is 0.400. The summed E-state index contributed by atoms with van der Waals surface area (Å²) in [5.41, 5.74) is 0. The molecule has 2 atom stereocenters. The highest BCUT2D eigenvalue weighted by molar-refractivity contribution is 5.09. The van der Waals surface area contributed by atoms with Crippen molar-refractivity contribution in [3.8, 4) is 0 Å². The summed E-state index contributed by atoms with van der Waals surface area (Å²) in [4.78, 5) is 2.49. The number of nitrogens with one attached hydrogen (secondary N) is 1. The summed E-state index contributed by atoms with van der Waals surface area (Å²) in [6.45, 7) is 9.76. The number of likely N-dealkylation sites (tertiary alicyclic amines) is 1. The second kappa shape index (κ2) is 5.02. The third kappa shape index (κ3) is 2.47. The van der Waals surface area contributed by atoms with Gasteiger partial charge in [-0.2, -0.15) is 0 Å². The normalized spacial score (nSPS) is 23.8. The SMILES string of the molecule is CCNC1CCN(C(C)c2ccc(C)o2)C1. The first-order chi connectivity index (χ1) is 7.70. The molecule has 1 aromatic heterocycles. The molecule has 0 spiro atoms. The highest BCUT2D eigenvalue weighted by Crippen LogP contribution is 2.25. The first-order valence-electron chi connectivity index (χ1n) is 6.24. The van der Waals surface area contributed by atoms with Gasteiger partial charge in [0.25, 0.3) is 0 Å². The van der Waals surface area contributed by atoms with Gasteiger partial charge in [-0.15, -0.1) is 0 Å². The van der Waals surface area contributed by atoms with Crippen molar-refractivity contribution >= 4 is 0 Å². The highest BCUT2D eigenvalue weighted by Gasteiger charge is 2.27. The molecule has 1 saturated heterocycles. The topological polar surface area (TPSA) is 28.4 Å². The van der Waals surface area contributed by atoms with E-state index in [2.05, 4.69) is 30.1 Å². The van der Waals surface area contributed by atoms with Crippen LogP contribution in [0.3, 0.4) is 0 Å². The Kier molecular flexibility index (Phi) is 3.66. The van der Waals surface area contributed by atoms with Gasteiger partial charge in [-0.3, -0.25) is 4.90 Å². The lowest BCUT2D eigenvalue weighted by molar-refractivity contribution is 0.224. The molecule has 90 valence electrons. The number of hydrogen-bond donors (Lipinski definition) is 1. The molecular formula is C13H22N2O. The first-order valence-corrected chi connectivity index (χ1v) is 6.24. The number of nitrogens with zero attached hydrogens (tertiary/aromatic N) is 1. The van der Waals surface area contributed by atoms with Gasteiger partial charge in [0.2, 0.25) is 0 Å². The van der Waals surface area contributed by atoms with Gasteiger partial charge in [-0.25, -0.2) is 0 Å². The molecule has 2 unspecified atom stereocenters. The van der Waals surface area contributed by atoms with E-state index >= 15 is 0 Å². The fourth-order valence-electron chi connectivity index (χ4n) is 2.45. The standard InChI is InChI=1S/C13H22N2O/c1-4-14-12-7-8-15(9-12)11(3)13-6-5-10(2)16-13/h5-6,11-12,14H,4,7-9H2,1-3H3. The molecule has 1 fully saturated rings. The molecule has 1 aliphatic heterocycles. The number of likely N-dealkylation sites (N-methyl/N-ethyl adjacent to an activating group) is 1. The summed E-state index contributed by atoms with van der Waals surface area (Å²) in [5.74, 6) is 2.10. The monoisotopic (exact) mass is 222 g/mol. The van der Waals surface area contributed by atoms with Gasteiger partial charge in [-0.1, -0.05) is 6.92 Å². The maximum absolute atomic E-state index is 5.69. The Morgan fingerprint density at radius 1 is 1.56 bits per heavy atom. The third-order valence-electron chi connectivity index (χ3n) is 3.43. The van der Waals surface area contributed by atoms with Crippen LogP contribution in [0.1, 0.15) is 37.8 Å². The van der Waals surface area contributed by atoms with Crippen LogP contribution in [-0.4, -0.2) is 30.6 Å². The maximum Gasteiger partial charge on any atom is 0.121 e. The van der Waals surface area contributed by atoms with Crippen LogP contribution in [0.25, 0.3) is 0 Å². The minimum Gasteiger partial charge on any atom is -0.465 e. The zero-order valence-corrected chi connectivity index (χ0v) is 10.5. The second-order valence-electron chi connectivity index (χ2n) is 4.66. The lowest BCUT2D eigenvalue weighted by Crippen LogP contribution is -2.33. The van der Waals surface area contributed by atoms with E-state index < -0.39 is 0 Å². The Morgan fingerprint density at radius 2 is 2.38 bits per heavy atom. The Bertz CT molecular complexity index is 334. The van der Waals surface area contributed by atoms with Crippen molar-refractivity contribution in [3.05, 3.63) is 23.7 Å². The molecule has 0 aliphatic carbocycles. The predicted molar refractivity (Wildman–Crippen MR) is 65.5 cm³/mol. The summed E-state index contributed by atoms with van der Waals surface area (Å²) >= 11 is 0. The lowest BCUT2D eigenvalue weighted by atomic mass is 10.2. The van der Waals surface area contributed by atoms with Gasteiger partial charge in [0, 0.05) is 19.1 Å². The smallest absolute Gasteiger partial charge is 0.121 e. The Hall–Kier alpha value is -0.800. The van der Waals surface area contributed by atoms with E-state index in [1.165, 1.54) is 13.0 Å². The van der Waals surface area contributed by atoms with Gasteiger partial charge >= 0.3 is 0 Å². The number of furan rings is 1. The molecule has 3 heteroatoms. The summed E-state index contributed by atoms with van der Waals surface area (Å²) in [5, 5.41) is 3.51. The van der Waals surface area contributed by atoms with E-state index in [0.717, 1.165) is 24.6 Å². The second-order valence-corrected chi connectivity index (χ2v) is 4.66. The van der Waals surface area contributed by atoms with E-state index in [9.17, 15) is 0 Å². The number of rotatable bonds is 4. The summed E-state index contributed by atoms with van der Waals surface area (Å²) in [7, 11) is 0. The predicted octanol–water partition coefficient (Wildman–Crippen LogP) is 2.33. The van der Waals surface area contributed by atoms with Gasteiger partial charge in [0.1, 0.15) is 11.5 Å². The van der Waals surface area contributed by atoms with Crippen molar-refractivity contribution in [2.75, 3.05) is 19.6 Å². The molecule has 2 rings (SSSR count). The van der Waals surface area contributed by atoms with Crippen molar-refractivity contribution in [2.24, 2.45) is 0 Å². The number of aryl methyl sites for hydroxylation is 1. The van der Waals surface area contributed by atoms with E-state index in [-0.39, 0.29) is 0 Å². The van der Waals surface area contributed by atoms with Gasteiger partial charge in [0.15, 0.2) is 0 Å². The largest absolute Gasteiger partial charge is 0.465 e. The molecule has 16 heavy (non-hydrogen) atoms. The number of hydrogen-bond acceptors (Lipinski definition) is 3. The summed E-state index contributed by atoms with van der Waals surface area (Å²) in [6.07, 6.45) is 1.25.